The Bertz CT molecular complexity index is 501. The van der Waals surface area contributed by atoms with Crippen LogP contribution >= 0.6 is 12.8 Å². The third-order valence-electron chi connectivity index (χ3n) is 1.88. The molecule has 0 aliphatic carbocycles. The second-order valence-corrected chi connectivity index (χ2v) is 3.25. The molecule has 0 aromatic carbocycles. The van der Waals surface area contributed by atoms with E-state index in [1.165, 1.54) is 0 Å². The summed E-state index contributed by atoms with van der Waals surface area (Å²) in [6.07, 6.45) is 3.29. The number of H-pyrrole nitrogens is 1. The van der Waals surface area contributed by atoms with Crippen molar-refractivity contribution in [2.45, 2.75) is 0 Å². The molecule has 2 rings (SSSR count). The number of aromatic nitrogens is 4. The van der Waals surface area contributed by atoms with Gasteiger partial charge in [-0.15, -0.1) is 5.10 Å². The molecule has 0 atom stereocenters. The fourth-order valence-electron chi connectivity index (χ4n) is 1.11. The quantitative estimate of drug-likeness (QED) is 0.675. The van der Waals surface area contributed by atoms with E-state index in [4.69, 9.17) is 4.74 Å². The molecule has 2 N–H and O–H groups in total. The summed E-state index contributed by atoms with van der Waals surface area (Å²) < 4.78 is 7.16. The van der Waals surface area contributed by atoms with Crippen LogP contribution in [0.25, 0.3) is 11.4 Å². The molecule has 17 heavy (non-hydrogen) atoms. The minimum atomic E-state index is -0.372. The van der Waals surface area contributed by atoms with Gasteiger partial charge in [-0.25, -0.2) is 0 Å². The summed E-state index contributed by atoms with van der Waals surface area (Å²) in [5.41, 5.74) is 0.834. The van der Waals surface area contributed by atoms with Crippen LogP contribution in [-0.4, -0.2) is 32.7 Å². The number of ether oxygens (including phenoxy) is 1. The zero-order valence-electron chi connectivity index (χ0n) is 8.62. The molecule has 2 aromatic rings. The molecule has 0 spiro atoms. The summed E-state index contributed by atoms with van der Waals surface area (Å²) in [7, 11) is 0. The Labute approximate surface area is 102 Å². The van der Waals surface area contributed by atoms with Crippen LogP contribution in [0.3, 0.4) is 0 Å². The second kappa shape index (κ2) is 5.30. The number of amides is 1. The van der Waals surface area contributed by atoms with Gasteiger partial charge in [0, 0.05) is 18.0 Å². The van der Waals surface area contributed by atoms with Gasteiger partial charge in [0.25, 0.3) is 5.91 Å². The van der Waals surface area contributed by atoms with Crippen molar-refractivity contribution in [1.29, 1.82) is 0 Å². The number of rotatable bonds is 4. The summed E-state index contributed by atoms with van der Waals surface area (Å²) in [5.74, 6) is 0.178. The van der Waals surface area contributed by atoms with Gasteiger partial charge >= 0.3 is 6.01 Å². The Morgan fingerprint density at radius 3 is 2.94 bits per heavy atom. The van der Waals surface area contributed by atoms with Crippen molar-refractivity contribution in [3.63, 3.8) is 0 Å². The van der Waals surface area contributed by atoms with Crippen molar-refractivity contribution in [3.8, 4) is 17.4 Å². The van der Waals surface area contributed by atoms with Crippen molar-refractivity contribution >= 4 is 18.7 Å². The number of hydrogen-bond donors (Lipinski definition) is 3. The van der Waals surface area contributed by atoms with Crippen molar-refractivity contribution in [3.05, 3.63) is 24.5 Å². The maximum absolute atomic E-state index is 10.9. The highest BCUT2D eigenvalue weighted by Gasteiger charge is 2.07. The molecule has 0 fully saturated rings. The monoisotopic (exact) mass is 251 g/mol. The lowest BCUT2D eigenvalue weighted by Crippen LogP contribution is -2.21. The van der Waals surface area contributed by atoms with E-state index in [1.807, 2.05) is 0 Å². The van der Waals surface area contributed by atoms with E-state index in [1.54, 1.807) is 24.5 Å². The normalized spacial score (nSPS) is 9.94. The maximum atomic E-state index is 10.9. The van der Waals surface area contributed by atoms with Gasteiger partial charge in [-0.3, -0.25) is 19.6 Å². The van der Waals surface area contributed by atoms with Gasteiger partial charge in [-0.2, -0.15) is 4.98 Å². The number of thiol groups is 1. The number of aromatic amines is 1. The molecular formula is C9H9N5O2S. The first kappa shape index (κ1) is 11.4. The topological polar surface area (TPSA) is 92.8 Å². The smallest absolute Gasteiger partial charge is 0.336 e. The molecule has 0 radical (unpaired) electrons. The summed E-state index contributed by atoms with van der Waals surface area (Å²) in [4.78, 5) is 18.8. The van der Waals surface area contributed by atoms with Gasteiger partial charge in [0.15, 0.2) is 12.4 Å². The maximum Gasteiger partial charge on any atom is 0.336 e. The first-order chi connectivity index (χ1) is 8.29. The molecule has 2 heterocycles. The van der Waals surface area contributed by atoms with Gasteiger partial charge in [0.2, 0.25) is 0 Å². The van der Waals surface area contributed by atoms with Crippen molar-refractivity contribution in [1.82, 2.24) is 24.9 Å². The van der Waals surface area contributed by atoms with Crippen LogP contribution in [0.1, 0.15) is 0 Å². The molecule has 88 valence electrons. The average molecular weight is 251 g/mol. The highest BCUT2D eigenvalue weighted by atomic mass is 32.1. The number of hydrogen-bond acceptors (Lipinski definition) is 6. The van der Waals surface area contributed by atoms with E-state index < -0.39 is 0 Å². The Kier molecular flexibility index (Phi) is 3.55. The van der Waals surface area contributed by atoms with E-state index in [0.29, 0.717) is 5.82 Å². The van der Waals surface area contributed by atoms with Crippen LogP contribution in [0.4, 0.5) is 0 Å². The van der Waals surface area contributed by atoms with Crippen LogP contribution in [0.5, 0.6) is 6.01 Å². The van der Waals surface area contributed by atoms with Crippen molar-refractivity contribution in [2.24, 2.45) is 0 Å². The molecule has 8 heteroatoms. The Hall–Kier alpha value is -2.09. The Balaban J connectivity index is 2.04. The zero-order chi connectivity index (χ0) is 12.1. The van der Waals surface area contributed by atoms with Crippen molar-refractivity contribution in [2.75, 3.05) is 6.61 Å². The molecule has 0 bridgehead atoms. The van der Waals surface area contributed by atoms with E-state index in [2.05, 4.69) is 37.7 Å². The molecule has 0 saturated heterocycles. The Morgan fingerprint density at radius 1 is 1.47 bits per heavy atom. The summed E-state index contributed by atoms with van der Waals surface area (Å²) in [6.45, 7) is -0.183. The third kappa shape index (κ3) is 2.94. The molecule has 0 aliphatic rings. The van der Waals surface area contributed by atoms with E-state index in [0.717, 1.165) is 5.56 Å². The van der Waals surface area contributed by atoms with E-state index in [-0.39, 0.29) is 18.5 Å². The second-order valence-electron chi connectivity index (χ2n) is 3.03. The fourth-order valence-corrected chi connectivity index (χ4v) is 1.18. The predicted octanol–water partition coefficient (Wildman–Crippen LogP) is 0.206. The average Bonchev–Trinajstić information content (AvgIpc) is 2.86. The molecule has 0 saturated carbocycles. The number of pyridine rings is 1. The predicted molar refractivity (Wildman–Crippen MR) is 62.2 cm³/mol. The van der Waals surface area contributed by atoms with Gasteiger partial charge in [0.1, 0.15) is 0 Å². The molecular weight excluding hydrogens is 242 g/mol. The fraction of sp³-hybridized carbons (Fsp3) is 0.111. The first-order valence-electron chi connectivity index (χ1n) is 4.68. The SMILES string of the molecule is O=C(COc1n[nH]c(-c2ccncc2)n1)NS. The molecule has 1 amide bonds. The number of nitrogens with zero attached hydrogens (tertiary/aromatic N) is 3. The zero-order valence-corrected chi connectivity index (χ0v) is 9.52. The minimum absolute atomic E-state index is 0.105. The standard InChI is InChI=1S/C9H9N5O2S/c15-7(14-17)5-16-9-11-8(12-13-9)6-1-3-10-4-2-6/h1-4,17H,5H2,(H,14,15)(H,11,12,13). The molecule has 0 unspecified atom stereocenters. The van der Waals surface area contributed by atoms with Crippen LogP contribution in [0.15, 0.2) is 24.5 Å². The largest absolute Gasteiger partial charge is 0.452 e. The van der Waals surface area contributed by atoms with Crippen LogP contribution in [0.2, 0.25) is 0 Å². The number of carbonyl (C=O) groups is 1. The van der Waals surface area contributed by atoms with Gasteiger partial charge < -0.3 is 4.74 Å². The highest BCUT2D eigenvalue weighted by molar-refractivity contribution is 7.78. The third-order valence-corrected chi connectivity index (χ3v) is 2.13. The molecule has 0 aliphatic heterocycles. The van der Waals surface area contributed by atoms with Gasteiger partial charge in [0.05, 0.1) is 0 Å². The van der Waals surface area contributed by atoms with E-state index >= 15 is 0 Å². The van der Waals surface area contributed by atoms with E-state index in [9.17, 15) is 4.79 Å². The summed E-state index contributed by atoms with van der Waals surface area (Å²) in [6, 6.07) is 3.67. The Morgan fingerprint density at radius 2 is 2.24 bits per heavy atom. The molecule has 2 aromatic heterocycles. The molecule has 7 nitrogen and oxygen atoms in total. The lowest BCUT2D eigenvalue weighted by Gasteiger charge is -1.98. The van der Waals surface area contributed by atoms with Crippen LogP contribution in [0, 0.1) is 0 Å². The van der Waals surface area contributed by atoms with Crippen molar-refractivity contribution < 1.29 is 9.53 Å². The van der Waals surface area contributed by atoms with Gasteiger partial charge in [-0.05, 0) is 12.1 Å². The summed E-state index contributed by atoms with van der Waals surface area (Å²) >= 11 is 3.59. The minimum Gasteiger partial charge on any atom is -0.452 e. The van der Waals surface area contributed by atoms with Gasteiger partial charge in [-0.1, -0.05) is 12.8 Å². The number of carbonyl (C=O) groups excluding carboxylic acids is 1. The lowest BCUT2D eigenvalue weighted by molar-refractivity contribution is -0.121. The first-order valence-corrected chi connectivity index (χ1v) is 5.13. The number of nitrogens with one attached hydrogen (secondary N) is 2. The van der Waals surface area contributed by atoms with Crippen LogP contribution in [-0.2, 0) is 4.79 Å². The highest BCUT2D eigenvalue weighted by Crippen LogP contribution is 2.14. The lowest BCUT2D eigenvalue weighted by atomic mass is 10.3. The summed E-state index contributed by atoms with van der Waals surface area (Å²) in [5, 5.41) is 6.51. The van der Waals surface area contributed by atoms with Crippen LogP contribution < -0.4 is 9.46 Å².